The van der Waals surface area contributed by atoms with Gasteiger partial charge in [0.25, 0.3) is 0 Å². The quantitative estimate of drug-likeness (QED) is 0.458. The van der Waals surface area contributed by atoms with E-state index in [-0.39, 0.29) is 42.2 Å². The number of amides is 3. The third-order valence-electron chi connectivity index (χ3n) is 6.98. The van der Waals surface area contributed by atoms with Gasteiger partial charge in [0, 0.05) is 20.2 Å². The van der Waals surface area contributed by atoms with Crippen molar-refractivity contribution in [1.82, 2.24) is 15.5 Å². The molecule has 8 heteroatoms. The second kappa shape index (κ2) is 10.6. The van der Waals surface area contributed by atoms with Crippen molar-refractivity contribution >= 4 is 17.7 Å². The van der Waals surface area contributed by atoms with Crippen LogP contribution in [-0.2, 0) is 19.1 Å². The Morgan fingerprint density at radius 3 is 2.33 bits per heavy atom. The standard InChI is InChI=1S/C22H40N4O4/c1-7-13(4)20(16(30-6)11-17(23)27)26(5)22(29)18(12(2)3)25-21(28)19-14-8-9-15(10-14)24-19/h12-16,18-20,24H,7-11H2,1-6H3,(H2,23,27)(H,25,28)/t13-,14-,15+,16+,18-,19-,20-/m0/s1. The molecule has 7 atom stereocenters. The van der Waals surface area contributed by atoms with Crippen LogP contribution in [0.5, 0.6) is 0 Å². The Morgan fingerprint density at radius 1 is 1.23 bits per heavy atom. The molecule has 0 aromatic rings. The number of carbonyl (C=O) groups excluding carboxylic acids is 3. The van der Waals surface area contributed by atoms with Crippen molar-refractivity contribution in [3.63, 3.8) is 0 Å². The minimum atomic E-state index is -0.638. The van der Waals surface area contributed by atoms with Crippen molar-refractivity contribution in [2.75, 3.05) is 14.2 Å². The fraction of sp³-hybridized carbons (Fsp3) is 0.864. The Bertz CT molecular complexity index is 626. The van der Waals surface area contributed by atoms with Crippen LogP contribution >= 0.6 is 0 Å². The van der Waals surface area contributed by atoms with Gasteiger partial charge < -0.3 is 26.0 Å². The van der Waals surface area contributed by atoms with E-state index < -0.39 is 18.1 Å². The summed E-state index contributed by atoms with van der Waals surface area (Å²) in [5.74, 6) is -0.346. The first-order valence-electron chi connectivity index (χ1n) is 11.2. The van der Waals surface area contributed by atoms with Gasteiger partial charge in [-0.05, 0) is 37.0 Å². The summed E-state index contributed by atoms with van der Waals surface area (Å²) in [4.78, 5) is 39.6. The van der Waals surface area contributed by atoms with Gasteiger partial charge in [-0.1, -0.05) is 34.1 Å². The second-order valence-corrected chi connectivity index (χ2v) is 9.41. The van der Waals surface area contributed by atoms with Gasteiger partial charge in [-0.3, -0.25) is 14.4 Å². The molecule has 2 rings (SSSR count). The molecule has 2 aliphatic rings. The van der Waals surface area contributed by atoms with Crippen molar-refractivity contribution in [2.45, 2.75) is 90.1 Å². The van der Waals surface area contributed by atoms with Crippen LogP contribution in [0.2, 0.25) is 0 Å². The molecule has 3 amide bonds. The van der Waals surface area contributed by atoms with E-state index in [1.165, 1.54) is 7.11 Å². The molecule has 8 nitrogen and oxygen atoms in total. The molecule has 0 radical (unpaired) electrons. The number of methoxy groups -OCH3 is 1. The van der Waals surface area contributed by atoms with Gasteiger partial charge in [0.05, 0.1) is 24.6 Å². The van der Waals surface area contributed by atoms with E-state index in [0.29, 0.717) is 12.0 Å². The highest BCUT2D eigenvalue weighted by Gasteiger charge is 2.44. The third kappa shape index (κ3) is 5.52. The molecule has 0 aromatic heterocycles. The molecule has 172 valence electrons. The topological polar surface area (TPSA) is 114 Å². The molecule has 1 aliphatic heterocycles. The Labute approximate surface area is 180 Å². The lowest BCUT2D eigenvalue weighted by molar-refractivity contribution is -0.144. The van der Waals surface area contributed by atoms with Crippen LogP contribution in [0.3, 0.4) is 0 Å². The van der Waals surface area contributed by atoms with E-state index in [2.05, 4.69) is 10.6 Å². The predicted octanol–water partition coefficient (Wildman–Crippen LogP) is 1.03. The maximum atomic E-state index is 13.5. The summed E-state index contributed by atoms with van der Waals surface area (Å²) in [7, 11) is 3.26. The summed E-state index contributed by atoms with van der Waals surface area (Å²) in [6.45, 7) is 7.93. The maximum absolute atomic E-state index is 13.5. The molecule has 0 aromatic carbocycles. The van der Waals surface area contributed by atoms with Crippen LogP contribution in [0.1, 0.15) is 59.8 Å². The number of piperidine rings is 1. The van der Waals surface area contributed by atoms with Gasteiger partial charge >= 0.3 is 0 Å². The lowest BCUT2D eigenvalue weighted by atomic mass is 9.89. The number of rotatable bonds is 11. The Morgan fingerprint density at radius 2 is 1.90 bits per heavy atom. The predicted molar refractivity (Wildman–Crippen MR) is 115 cm³/mol. The molecular weight excluding hydrogens is 384 g/mol. The van der Waals surface area contributed by atoms with Crippen LogP contribution in [0, 0.1) is 17.8 Å². The Kier molecular flexibility index (Phi) is 8.67. The zero-order valence-electron chi connectivity index (χ0n) is 19.3. The zero-order valence-corrected chi connectivity index (χ0v) is 19.3. The van der Waals surface area contributed by atoms with Gasteiger partial charge in [0.15, 0.2) is 0 Å². The largest absolute Gasteiger partial charge is 0.379 e. The smallest absolute Gasteiger partial charge is 0.245 e. The summed E-state index contributed by atoms with van der Waals surface area (Å²) in [6.07, 6.45) is 3.58. The minimum absolute atomic E-state index is 0.0386. The first kappa shape index (κ1) is 24.6. The Balaban J connectivity index is 2.16. The van der Waals surface area contributed by atoms with Crippen molar-refractivity contribution in [2.24, 2.45) is 23.5 Å². The van der Waals surface area contributed by atoms with Gasteiger partial charge in [-0.25, -0.2) is 0 Å². The number of fused-ring (bicyclic) bond motifs is 2. The van der Waals surface area contributed by atoms with Gasteiger partial charge in [-0.2, -0.15) is 0 Å². The van der Waals surface area contributed by atoms with Crippen molar-refractivity contribution in [3.05, 3.63) is 0 Å². The summed E-state index contributed by atoms with van der Waals surface area (Å²) in [5.41, 5.74) is 5.41. The molecule has 4 N–H and O–H groups in total. The number of likely N-dealkylation sites (N-methyl/N-ethyl adjacent to an activating group) is 1. The van der Waals surface area contributed by atoms with Crippen LogP contribution in [0.25, 0.3) is 0 Å². The fourth-order valence-corrected chi connectivity index (χ4v) is 5.05. The van der Waals surface area contributed by atoms with Gasteiger partial charge in [-0.15, -0.1) is 0 Å². The zero-order chi connectivity index (χ0) is 22.6. The molecule has 1 saturated heterocycles. The van der Waals surface area contributed by atoms with E-state index >= 15 is 0 Å². The summed E-state index contributed by atoms with van der Waals surface area (Å²) < 4.78 is 5.56. The molecular formula is C22H40N4O4. The number of hydrogen-bond donors (Lipinski definition) is 3. The fourth-order valence-electron chi connectivity index (χ4n) is 5.05. The lowest BCUT2D eigenvalue weighted by Gasteiger charge is -2.40. The number of hydrogen-bond acceptors (Lipinski definition) is 5. The monoisotopic (exact) mass is 424 g/mol. The number of ether oxygens (including phenoxy) is 1. The van der Waals surface area contributed by atoms with E-state index in [1.54, 1.807) is 11.9 Å². The molecule has 2 fully saturated rings. The molecule has 1 heterocycles. The van der Waals surface area contributed by atoms with Crippen molar-refractivity contribution < 1.29 is 19.1 Å². The highest BCUT2D eigenvalue weighted by Crippen LogP contribution is 2.35. The molecule has 1 aliphatic carbocycles. The molecule has 30 heavy (non-hydrogen) atoms. The summed E-state index contributed by atoms with van der Waals surface area (Å²) in [5, 5.41) is 6.40. The average Bonchev–Trinajstić information content (AvgIpc) is 3.33. The normalized spacial score (nSPS) is 26.8. The van der Waals surface area contributed by atoms with Crippen LogP contribution in [0.15, 0.2) is 0 Å². The van der Waals surface area contributed by atoms with E-state index in [4.69, 9.17) is 10.5 Å². The highest BCUT2D eigenvalue weighted by molar-refractivity contribution is 5.90. The van der Waals surface area contributed by atoms with Crippen LogP contribution in [0.4, 0.5) is 0 Å². The van der Waals surface area contributed by atoms with Crippen molar-refractivity contribution in [3.8, 4) is 0 Å². The first-order valence-corrected chi connectivity index (χ1v) is 11.2. The van der Waals surface area contributed by atoms with Crippen LogP contribution in [-0.4, -0.2) is 67.1 Å². The van der Waals surface area contributed by atoms with Gasteiger partial charge in [0.1, 0.15) is 6.04 Å². The average molecular weight is 425 g/mol. The van der Waals surface area contributed by atoms with Crippen LogP contribution < -0.4 is 16.4 Å². The maximum Gasteiger partial charge on any atom is 0.245 e. The molecule has 0 unspecified atom stereocenters. The lowest BCUT2D eigenvalue weighted by Crippen LogP contribution is -2.59. The number of nitrogens with one attached hydrogen (secondary N) is 2. The molecule has 1 saturated carbocycles. The number of carbonyl (C=O) groups is 3. The number of nitrogens with two attached hydrogens (primary N) is 1. The third-order valence-corrected chi connectivity index (χ3v) is 6.98. The van der Waals surface area contributed by atoms with E-state index in [9.17, 15) is 14.4 Å². The van der Waals surface area contributed by atoms with Crippen molar-refractivity contribution in [1.29, 1.82) is 0 Å². The SMILES string of the molecule is CC[C@H](C)[C@@H]([C@@H](CC(N)=O)OC)N(C)C(=O)[C@@H](NC(=O)[C@H]1N[C@@H]2CC[C@H]1C2)C(C)C. The molecule has 0 spiro atoms. The minimum Gasteiger partial charge on any atom is -0.379 e. The molecule has 2 bridgehead atoms. The van der Waals surface area contributed by atoms with E-state index in [0.717, 1.165) is 25.7 Å². The summed E-state index contributed by atoms with van der Waals surface area (Å²) in [6, 6.07) is -0.748. The number of primary amides is 1. The number of nitrogens with zero attached hydrogens (tertiary/aromatic N) is 1. The van der Waals surface area contributed by atoms with Gasteiger partial charge in [0.2, 0.25) is 17.7 Å². The summed E-state index contributed by atoms with van der Waals surface area (Å²) >= 11 is 0. The Hall–Kier alpha value is -1.67. The second-order valence-electron chi connectivity index (χ2n) is 9.41. The highest BCUT2D eigenvalue weighted by atomic mass is 16.5. The first-order chi connectivity index (χ1) is 14.1. The van der Waals surface area contributed by atoms with E-state index in [1.807, 2.05) is 27.7 Å².